The summed E-state index contributed by atoms with van der Waals surface area (Å²) in [5.74, 6) is -0.836. The number of hydrogen-bond acceptors (Lipinski definition) is 6. The molecule has 29 heavy (non-hydrogen) atoms. The molecule has 1 fully saturated rings. The summed E-state index contributed by atoms with van der Waals surface area (Å²) < 4.78 is 53.6. The van der Waals surface area contributed by atoms with Gasteiger partial charge in [0, 0.05) is 12.6 Å². The lowest BCUT2D eigenvalue weighted by Crippen LogP contribution is -2.33. The lowest BCUT2D eigenvalue weighted by atomic mass is 10.1. The van der Waals surface area contributed by atoms with Gasteiger partial charge in [-0.1, -0.05) is 22.9 Å². The SMILES string of the molecule is CN[C@H](CNc1cc(F)c(S(=O)(=O)Nc2ncc(F)s2)cc1Cl)CC1CC1(Cl)Cl. The predicted molar refractivity (Wildman–Crippen MR) is 113 cm³/mol. The molecule has 1 aliphatic rings. The number of alkyl halides is 2. The number of nitrogens with zero attached hydrogens (tertiary/aromatic N) is 1. The van der Waals surface area contributed by atoms with Gasteiger partial charge in [0.1, 0.15) is 15.0 Å². The smallest absolute Gasteiger partial charge is 0.266 e. The molecular weight excluding hydrogens is 489 g/mol. The van der Waals surface area contributed by atoms with Crippen LogP contribution in [0.2, 0.25) is 5.02 Å². The van der Waals surface area contributed by atoms with Crippen LogP contribution in [-0.2, 0) is 10.0 Å². The van der Waals surface area contributed by atoms with Crippen molar-refractivity contribution in [3.63, 3.8) is 0 Å². The minimum atomic E-state index is -4.32. The molecule has 1 unspecified atom stereocenters. The third kappa shape index (κ3) is 5.62. The van der Waals surface area contributed by atoms with Gasteiger partial charge in [0.15, 0.2) is 10.3 Å². The third-order valence-corrected chi connectivity index (χ3v) is 7.91. The number of likely N-dealkylation sites (N-methyl/N-ethyl adjacent to an activating group) is 1. The van der Waals surface area contributed by atoms with Crippen LogP contribution in [0, 0.1) is 16.9 Å². The number of nitrogens with one attached hydrogen (secondary N) is 3. The Bertz CT molecular complexity index is 1000. The average Bonchev–Trinajstić information content (AvgIpc) is 3.02. The van der Waals surface area contributed by atoms with E-state index in [1.807, 2.05) is 4.72 Å². The molecule has 1 saturated carbocycles. The van der Waals surface area contributed by atoms with E-state index in [9.17, 15) is 17.2 Å². The van der Waals surface area contributed by atoms with Crippen LogP contribution in [0.4, 0.5) is 19.6 Å². The Kier molecular flexibility index (Phi) is 6.82. The quantitative estimate of drug-likeness (QED) is 0.438. The van der Waals surface area contributed by atoms with E-state index in [4.69, 9.17) is 34.8 Å². The summed E-state index contributed by atoms with van der Waals surface area (Å²) in [5, 5.41) is 5.25. The van der Waals surface area contributed by atoms with Gasteiger partial charge in [-0.25, -0.2) is 17.8 Å². The molecule has 160 valence electrons. The first-order chi connectivity index (χ1) is 13.5. The van der Waals surface area contributed by atoms with Crippen molar-refractivity contribution in [1.29, 1.82) is 0 Å². The standard InChI is InChI=1S/C16H17Cl3F2N4O2S2/c1-22-9(2-8-5-16(8,18)19)6-23-12-4-11(20)13(3-10(12)17)29(26,27)25-15-24-7-14(21)28-15/h3-4,7-9,22-23H,2,5-6H2,1H3,(H,24,25)/t8?,9-/m0/s1. The monoisotopic (exact) mass is 504 g/mol. The molecular formula is C16H17Cl3F2N4O2S2. The minimum Gasteiger partial charge on any atom is -0.382 e. The van der Waals surface area contributed by atoms with Crippen LogP contribution in [-0.4, -0.2) is 37.4 Å². The third-order valence-electron chi connectivity index (χ3n) is 4.48. The zero-order chi connectivity index (χ0) is 21.4. The predicted octanol–water partition coefficient (Wildman–Crippen LogP) is 4.46. The highest BCUT2D eigenvalue weighted by molar-refractivity contribution is 7.93. The van der Waals surface area contributed by atoms with Gasteiger partial charge in [0.05, 0.1) is 16.9 Å². The van der Waals surface area contributed by atoms with Gasteiger partial charge >= 0.3 is 0 Å². The van der Waals surface area contributed by atoms with Crippen LogP contribution < -0.4 is 15.4 Å². The van der Waals surface area contributed by atoms with Crippen molar-refractivity contribution in [1.82, 2.24) is 10.3 Å². The largest absolute Gasteiger partial charge is 0.382 e. The minimum absolute atomic E-state index is 0.00313. The number of halogens is 5. The summed E-state index contributed by atoms with van der Waals surface area (Å²) >= 11 is 18.7. The van der Waals surface area contributed by atoms with Gasteiger partial charge in [0.25, 0.3) is 10.0 Å². The molecule has 0 amide bonds. The molecule has 1 aromatic heterocycles. The van der Waals surface area contributed by atoms with E-state index < -0.39 is 30.2 Å². The fourth-order valence-corrected chi connectivity index (χ4v) is 5.47. The fourth-order valence-electron chi connectivity index (χ4n) is 2.75. The Morgan fingerprint density at radius 1 is 1.38 bits per heavy atom. The second-order valence-electron chi connectivity index (χ2n) is 6.60. The van der Waals surface area contributed by atoms with Crippen LogP contribution in [0.3, 0.4) is 0 Å². The van der Waals surface area contributed by atoms with Gasteiger partial charge in [0.2, 0.25) is 0 Å². The van der Waals surface area contributed by atoms with E-state index in [-0.39, 0.29) is 27.8 Å². The molecule has 3 N–H and O–H groups in total. The summed E-state index contributed by atoms with van der Waals surface area (Å²) in [6, 6.07) is 1.99. The highest BCUT2D eigenvalue weighted by atomic mass is 35.5. The van der Waals surface area contributed by atoms with Crippen molar-refractivity contribution < 1.29 is 17.2 Å². The molecule has 1 aliphatic carbocycles. The molecule has 1 heterocycles. The van der Waals surface area contributed by atoms with E-state index >= 15 is 0 Å². The molecule has 0 spiro atoms. The average molecular weight is 506 g/mol. The first-order valence-electron chi connectivity index (χ1n) is 8.44. The van der Waals surface area contributed by atoms with Crippen molar-refractivity contribution in [2.75, 3.05) is 23.6 Å². The molecule has 2 aromatic rings. The van der Waals surface area contributed by atoms with Gasteiger partial charge in [-0.3, -0.25) is 4.72 Å². The van der Waals surface area contributed by atoms with Crippen molar-refractivity contribution in [3.05, 3.63) is 34.3 Å². The van der Waals surface area contributed by atoms with E-state index in [1.165, 1.54) is 0 Å². The van der Waals surface area contributed by atoms with Gasteiger partial charge < -0.3 is 10.6 Å². The summed E-state index contributed by atoms with van der Waals surface area (Å²) in [6.07, 6.45) is 2.29. The van der Waals surface area contributed by atoms with Crippen LogP contribution >= 0.6 is 46.1 Å². The summed E-state index contributed by atoms with van der Waals surface area (Å²) in [6.45, 7) is 0.402. The highest BCUT2D eigenvalue weighted by Crippen LogP contribution is 2.55. The maximum Gasteiger partial charge on any atom is 0.266 e. The molecule has 0 aliphatic heterocycles. The second kappa shape index (κ2) is 8.68. The Morgan fingerprint density at radius 2 is 2.07 bits per heavy atom. The molecule has 13 heteroatoms. The summed E-state index contributed by atoms with van der Waals surface area (Å²) in [5.41, 5.74) is 0.238. The van der Waals surface area contributed by atoms with Crippen LogP contribution in [0.5, 0.6) is 0 Å². The summed E-state index contributed by atoms with van der Waals surface area (Å²) in [4.78, 5) is 2.89. The number of hydrogen-bond donors (Lipinski definition) is 3. The van der Waals surface area contributed by atoms with Crippen molar-refractivity contribution >= 4 is 67.0 Å². The number of anilines is 2. The maximum absolute atomic E-state index is 14.5. The highest BCUT2D eigenvalue weighted by Gasteiger charge is 2.51. The number of benzene rings is 1. The van der Waals surface area contributed by atoms with Crippen LogP contribution in [0.25, 0.3) is 0 Å². The molecule has 0 radical (unpaired) electrons. The van der Waals surface area contributed by atoms with Gasteiger partial charge in [-0.05, 0) is 37.9 Å². The van der Waals surface area contributed by atoms with Crippen LogP contribution in [0.15, 0.2) is 23.2 Å². The second-order valence-corrected chi connectivity index (χ2v) is 11.2. The Balaban J connectivity index is 1.70. The van der Waals surface area contributed by atoms with Crippen molar-refractivity contribution in [3.8, 4) is 0 Å². The molecule has 2 atom stereocenters. The molecule has 0 bridgehead atoms. The lowest BCUT2D eigenvalue weighted by molar-refractivity contribution is 0.509. The first-order valence-corrected chi connectivity index (χ1v) is 11.9. The van der Waals surface area contributed by atoms with Crippen LogP contribution in [0.1, 0.15) is 12.8 Å². The van der Waals surface area contributed by atoms with Crippen molar-refractivity contribution in [2.45, 2.75) is 28.1 Å². The number of aromatic nitrogens is 1. The molecule has 0 saturated heterocycles. The first kappa shape index (κ1) is 22.8. The van der Waals surface area contributed by atoms with E-state index in [0.29, 0.717) is 24.3 Å². The summed E-state index contributed by atoms with van der Waals surface area (Å²) in [7, 11) is -2.54. The Labute approximate surface area is 186 Å². The Hall–Kier alpha value is -0.910. The molecule has 6 nitrogen and oxygen atoms in total. The number of sulfonamides is 1. The normalized spacial score (nSPS) is 19.0. The Morgan fingerprint density at radius 3 is 2.62 bits per heavy atom. The number of rotatable bonds is 9. The molecule has 1 aromatic carbocycles. The number of thiazole rings is 1. The zero-order valence-corrected chi connectivity index (χ0v) is 18.9. The lowest BCUT2D eigenvalue weighted by Gasteiger charge is -2.19. The van der Waals surface area contributed by atoms with E-state index in [0.717, 1.165) is 24.8 Å². The fraction of sp³-hybridized carbons (Fsp3) is 0.438. The van der Waals surface area contributed by atoms with E-state index in [1.54, 1.807) is 7.05 Å². The molecule has 3 rings (SSSR count). The van der Waals surface area contributed by atoms with Crippen molar-refractivity contribution in [2.24, 2.45) is 5.92 Å². The van der Waals surface area contributed by atoms with E-state index in [2.05, 4.69) is 15.6 Å². The maximum atomic E-state index is 14.5. The zero-order valence-electron chi connectivity index (χ0n) is 15.0. The van der Waals surface area contributed by atoms with Gasteiger partial charge in [-0.15, -0.1) is 23.2 Å². The topological polar surface area (TPSA) is 83.1 Å². The van der Waals surface area contributed by atoms with Gasteiger partial charge in [-0.2, -0.15) is 4.39 Å².